The molecule has 26 nitrogen and oxygen atoms in total. The Kier molecular flexibility index (Phi) is 15.5. The first-order chi connectivity index (χ1) is 36.0. The smallest absolute Gasteiger partial charge is 0.445 e. The van der Waals surface area contributed by atoms with E-state index in [4.69, 9.17) is 25.7 Å². The number of halogens is 1. The number of morpholine rings is 2. The van der Waals surface area contributed by atoms with Gasteiger partial charge in [0.2, 0.25) is 33.5 Å². The van der Waals surface area contributed by atoms with Crippen molar-refractivity contribution in [3.63, 3.8) is 0 Å². The van der Waals surface area contributed by atoms with Crippen molar-refractivity contribution < 1.29 is 81.2 Å². The fraction of sp³-hybridized carbons (Fsp3) is 0.688. The number of aliphatic hydroxyl groups excluding tert-OH is 1. The number of hydrogen-bond donors (Lipinski definition) is 8. The van der Waals surface area contributed by atoms with Gasteiger partial charge >= 0.3 is 30.8 Å². The highest BCUT2D eigenvalue weighted by atomic mass is 127. The number of carbonyl (C=O) groups excluding carboxylic acids is 8. The zero-order valence-corrected chi connectivity index (χ0v) is 45.2. The average molecular weight is 1180 g/mol. The highest BCUT2D eigenvalue weighted by molar-refractivity contribution is 14.1. The zero-order chi connectivity index (χ0) is 54.6. The van der Waals surface area contributed by atoms with Crippen molar-refractivity contribution in [2.45, 2.75) is 96.6 Å². The van der Waals surface area contributed by atoms with Gasteiger partial charge in [-0.05, 0) is 72.4 Å². The number of β-amino-alcohol motifs (C(OH)–C–C–N with tert-alkyl or cyclic N) is 1. The number of esters is 3. The fourth-order valence-electron chi connectivity index (χ4n) is 14.5. The van der Waals surface area contributed by atoms with Gasteiger partial charge in [-0.1, -0.05) is 12.1 Å². The number of alkyl halides is 1. The minimum Gasteiger partial charge on any atom is -0.445 e. The summed E-state index contributed by atoms with van der Waals surface area (Å²) in [6, 6.07) is 5.07. The van der Waals surface area contributed by atoms with Crippen LogP contribution in [0.15, 0.2) is 29.3 Å². The minimum absolute atomic E-state index is 0.0167. The average Bonchev–Trinajstić information content (AvgIpc) is 4.11. The number of rotatable bonds is 19. The second-order valence-corrected chi connectivity index (χ2v) is 24.0. The summed E-state index contributed by atoms with van der Waals surface area (Å²) < 4.78 is 19.4. The summed E-state index contributed by atoms with van der Waals surface area (Å²) in [5, 5.41) is 37.5. The maximum atomic E-state index is 14.6. The summed E-state index contributed by atoms with van der Waals surface area (Å²) in [4.78, 5) is 117. The molecule has 8 aliphatic rings. The molecule has 1 aromatic carbocycles. The van der Waals surface area contributed by atoms with Crippen molar-refractivity contribution in [2.24, 2.45) is 16.5 Å². The van der Waals surface area contributed by atoms with E-state index in [2.05, 4.69) is 48.4 Å². The Bertz CT molecular complexity index is 2550. The Morgan fingerprint density at radius 2 is 1.74 bits per heavy atom. The van der Waals surface area contributed by atoms with Crippen LogP contribution in [0, 0.1) is 0 Å². The Balaban J connectivity index is 0.801. The highest BCUT2D eigenvalue weighted by Crippen LogP contribution is 2.65. The number of guanidine groups is 1. The van der Waals surface area contributed by atoms with Crippen molar-refractivity contribution >= 4 is 83.1 Å². The molecule has 9 rings (SSSR count). The molecule has 8 saturated heterocycles. The van der Waals surface area contributed by atoms with Crippen molar-refractivity contribution in [3.8, 4) is 0 Å². The monoisotopic (exact) mass is 1180 g/mol. The molecule has 8 aliphatic heterocycles. The number of nitrogens with zero attached hydrogens (tertiary/aromatic N) is 7. The summed E-state index contributed by atoms with van der Waals surface area (Å²) in [5.41, 5.74) is 9.04. The molecule has 3 bridgehead atoms. The standard InChI is InChI=1S/C48H68BIN12O14/c1-57(20-30-8-10-31(11-9-30)42(70)55-19-38(66)59-21-32(63)18-34(59)49(72)73)37(65)7-3-4-13-53-43(71)33(6-5-14-54-45(51)52)56-36(64)24-62-16-12-48(62)44-47-29-61(23-35(50)74-39(67)22-58(47)15-17-62)26-41(69)75-46(47,28-61)27-60(44,2)25-40(68)76-48/h8-11,32-35,44,63,72-73H,3-7,12-29H2,1-2H3,(H4-3,51,52,53,54,55,56,64,70,71)/p+3/t32-,33-,34-,35-,44?,46+,47+,48+,60?,61?,62?/m0/s1. The lowest BCUT2D eigenvalue weighted by atomic mass is 9.70. The molecule has 4 spiro atoms. The summed E-state index contributed by atoms with van der Waals surface area (Å²) in [5.74, 6) is -4.29. The van der Waals surface area contributed by atoms with E-state index >= 15 is 0 Å². The van der Waals surface area contributed by atoms with Crippen LogP contribution in [0.4, 0.5) is 0 Å². The SMILES string of the molecule is CN(Cc1ccc(C(=O)NCC(=O)N2C[C@@H](O)C[C@H]2B(O)O)cc1)C(=O)CCCCNC(=O)[C@H](CCCN=C(N)N)NC(=O)C[N+]12CCN3CC(=O)O[C@H](I)C[N+]45CC(=O)O[C@@]6(C4)C[N+]4(C)CC(=O)O[C@]1(CC2)C4[C@@]36C5. The topological polar surface area (TPSA) is 335 Å². The predicted octanol–water partition coefficient (Wildman–Crippen LogP) is -5.03. The first kappa shape index (κ1) is 55.5. The molecule has 5 amide bonds. The zero-order valence-electron chi connectivity index (χ0n) is 43.0. The number of ether oxygens (including phenoxy) is 3. The summed E-state index contributed by atoms with van der Waals surface area (Å²) in [6.07, 6.45) is 1.24. The van der Waals surface area contributed by atoms with E-state index in [1.165, 1.54) is 0 Å². The third-order valence-corrected chi connectivity index (χ3v) is 18.1. The number of unbranched alkanes of at least 4 members (excludes halogenated alkanes) is 1. The lowest BCUT2D eigenvalue weighted by molar-refractivity contribution is -1.08. The lowest BCUT2D eigenvalue weighted by Gasteiger charge is -2.64. The molecule has 414 valence electrons. The number of nitrogens with one attached hydrogen (secondary N) is 3. The molecule has 10 N–H and O–H groups in total. The van der Waals surface area contributed by atoms with Crippen LogP contribution >= 0.6 is 22.6 Å². The highest BCUT2D eigenvalue weighted by Gasteiger charge is 2.94. The van der Waals surface area contributed by atoms with Gasteiger partial charge in [0.15, 0.2) is 31.1 Å². The number of cyclic esters (lactones) is 1. The van der Waals surface area contributed by atoms with Gasteiger partial charge in [0, 0.05) is 51.8 Å². The predicted molar refractivity (Wildman–Crippen MR) is 275 cm³/mol. The number of likely N-dealkylation sites (N-methyl/N-ethyl adjacent to an activating group) is 1. The summed E-state index contributed by atoms with van der Waals surface area (Å²) in [6.45, 7) is 3.16. The van der Waals surface area contributed by atoms with E-state index in [1.54, 1.807) is 36.2 Å². The van der Waals surface area contributed by atoms with Gasteiger partial charge in [0.05, 0.1) is 51.7 Å². The first-order valence-corrected chi connectivity index (χ1v) is 27.4. The Morgan fingerprint density at radius 3 is 2.45 bits per heavy atom. The van der Waals surface area contributed by atoms with Gasteiger partial charge in [0.25, 0.3) is 11.8 Å². The van der Waals surface area contributed by atoms with Crippen LogP contribution in [0.1, 0.15) is 60.9 Å². The molecule has 0 aliphatic carbocycles. The second-order valence-electron chi connectivity index (χ2n) is 22.6. The van der Waals surface area contributed by atoms with Gasteiger partial charge in [-0.15, -0.1) is 0 Å². The molecular formula is C48H71BIN12O14+3. The number of aliphatic imine (C=N–C) groups is 1. The minimum atomic E-state index is -1.82. The van der Waals surface area contributed by atoms with Crippen molar-refractivity contribution in [3.05, 3.63) is 35.4 Å². The first-order valence-electron chi connectivity index (χ1n) is 26.1. The maximum absolute atomic E-state index is 14.6. The van der Waals surface area contributed by atoms with E-state index in [0.717, 1.165) is 10.5 Å². The molecule has 0 radical (unpaired) electrons. The maximum Gasteiger partial charge on any atom is 0.475 e. The third-order valence-electron chi connectivity index (χ3n) is 17.4. The summed E-state index contributed by atoms with van der Waals surface area (Å²) >= 11 is 2.13. The molecule has 28 heteroatoms. The molecule has 0 aromatic heterocycles. The van der Waals surface area contributed by atoms with Gasteiger partial charge in [-0.25, -0.2) is 9.59 Å². The number of nitrogens with two attached hydrogens (primary N) is 2. The molecule has 76 heavy (non-hydrogen) atoms. The van der Waals surface area contributed by atoms with E-state index in [9.17, 15) is 53.5 Å². The Morgan fingerprint density at radius 1 is 0.987 bits per heavy atom. The third kappa shape index (κ3) is 10.2. The van der Waals surface area contributed by atoms with E-state index in [1.807, 2.05) is 7.05 Å². The van der Waals surface area contributed by atoms with Crippen molar-refractivity contribution in [1.82, 2.24) is 30.7 Å². The van der Waals surface area contributed by atoms with E-state index < -0.39 is 94.3 Å². The van der Waals surface area contributed by atoms with Crippen molar-refractivity contribution in [1.29, 1.82) is 0 Å². The van der Waals surface area contributed by atoms with Gasteiger partial charge in [0.1, 0.15) is 32.2 Å². The normalized spacial score (nSPS) is 34.2. The van der Waals surface area contributed by atoms with Crippen LogP contribution in [0.2, 0.25) is 0 Å². The molecule has 4 unspecified atom stereocenters. The van der Waals surface area contributed by atoms with Gasteiger partial charge in [-0.3, -0.25) is 43.1 Å². The van der Waals surface area contributed by atoms with Crippen LogP contribution in [-0.2, 0) is 54.3 Å². The molecule has 8 heterocycles. The van der Waals surface area contributed by atoms with Crippen LogP contribution in [0.5, 0.6) is 0 Å². The van der Waals surface area contributed by atoms with E-state index in [-0.39, 0.29) is 104 Å². The Labute approximate surface area is 453 Å². The number of aliphatic hydroxyl groups is 1. The molecule has 1 aromatic rings. The number of likely N-dealkylation sites (tertiary alicyclic amines) is 1. The summed E-state index contributed by atoms with van der Waals surface area (Å²) in [7, 11) is 1.85. The van der Waals surface area contributed by atoms with Crippen LogP contribution in [0.25, 0.3) is 0 Å². The van der Waals surface area contributed by atoms with Gasteiger partial charge < -0.3 is 75.5 Å². The van der Waals surface area contributed by atoms with Crippen molar-refractivity contribution in [2.75, 3.05) is 112 Å². The molecular weight excluding hydrogens is 1110 g/mol. The second kappa shape index (κ2) is 21.2. The Hall–Kier alpha value is -5.24. The number of hydrogen-bond acceptors (Lipinski definition) is 16. The fourth-order valence-corrected chi connectivity index (χ4v) is 15.7. The van der Waals surface area contributed by atoms with Crippen LogP contribution in [-0.4, -0.2) is 261 Å². The van der Waals surface area contributed by atoms with Crippen LogP contribution < -0.4 is 27.4 Å². The molecule has 11 atom stereocenters. The molecule has 0 saturated carbocycles. The van der Waals surface area contributed by atoms with Gasteiger partial charge in [-0.2, -0.15) is 0 Å². The quantitative estimate of drug-likeness (QED) is 0.00740. The lowest BCUT2D eigenvalue weighted by Crippen LogP contribution is -2.89. The van der Waals surface area contributed by atoms with Crippen LogP contribution in [0.3, 0.4) is 0 Å². The molecule has 8 fully saturated rings. The number of quaternary nitrogens is 3. The largest absolute Gasteiger partial charge is 0.475 e. The van der Waals surface area contributed by atoms with E-state index in [0.29, 0.717) is 76.0 Å². The number of amides is 5. The number of carbonyl (C=O) groups is 8. The number of benzene rings is 1.